The Bertz CT molecular complexity index is 6290. The van der Waals surface area contributed by atoms with Crippen LogP contribution in [0.15, 0.2) is 212 Å². The first-order valence-electron chi connectivity index (χ1n) is 34.9. The Morgan fingerprint density at radius 2 is 1.21 bits per heavy atom. The number of carbonyl (C=O) groups is 3. The number of fused-ring (bicyclic) bond motifs is 5. The number of H-pyrrole nitrogens is 1. The quantitative estimate of drug-likeness (QED) is 0.0213. The fourth-order valence-electron chi connectivity index (χ4n) is 13.7. The number of piperidine rings is 1. The second kappa shape index (κ2) is 32.4. The predicted molar refractivity (Wildman–Crippen MR) is 417 cm³/mol. The van der Waals surface area contributed by atoms with Crippen molar-refractivity contribution < 1.29 is 92.2 Å². The van der Waals surface area contributed by atoms with Crippen LogP contribution < -0.4 is 75.6 Å². The number of amides is 2. The zero-order valence-corrected chi connectivity index (χ0v) is 65.2. The summed E-state index contributed by atoms with van der Waals surface area (Å²) in [5.41, 5.74) is 15.5. The number of anilines is 4. The Kier molecular flexibility index (Phi) is 23.1. The molecule has 5 aliphatic rings. The highest BCUT2D eigenvalue weighted by Crippen LogP contribution is 2.46. The van der Waals surface area contributed by atoms with Crippen molar-refractivity contribution in [1.82, 2.24) is 44.0 Å². The number of aryl methyl sites for hydroxylation is 1. The number of hydrogen-bond acceptors (Lipinski definition) is 18. The smallest absolute Gasteiger partial charge is 0.336 e. The molecule has 0 saturated carbocycles. The summed E-state index contributed by atoms with van der Waals surface area (Å²) in [5.74, 6) is -0.620. The van der Waals surface area contributed by atoms with Gasteiger partial charge < -0.3 is 74.6 Å². The van der Waals surface area contributed by atoms with Gasteiger partial charge in [0.05, 0.1) is 32.4 Å². The first-order valence-corrected chi connectivity index (χ1v) is 39.3. The number of benzene rings is 9. The number of nitrogens with two attached hydrogens (primary N) is 1. The third-order valence-corrected chi connectivity index (χ3v) is 23.4. The third-order valence-electron chi connectivity index (χ3n) is 19.7. The summed E-state index contributed by atoms with van der Waals surface area (Å²) in [6, 6.07) is 52.4. The van der Waals surface area contributed by atoms with Gasteiger partial charge in [0.25, 0.3) is 26.1 Å². The number of rotatable bonds is 22. The molecular formula is C80H76Cl2N12O15S3. The van der Waals surface area contributed by atoms with Crippen LogP contribution in [-0.4, -0.2) is 143 Å². The van der Waals surface area contributed by atoms with E-state index in [0.29, 0.717) is 126 Å². The predicted octanol–water partition coefficient (Wildman–Crippen LogP) is 4.43. The number of carboxylic acids is 1. The fourth-order valence-corrected chi connectivity index (χ4v) is 16.3. The minimum Gasteiger partial charge on any atom is -1.00 e. The van der Waals surface area contributed by atoms with Gasteiger partial charge in [-0.3, -0.25) is 18.7 Å². The van der Waals surface area contributed by atoms with Crippen molar-refractivity contribution in [3.8, 4) is 50.8 Å². The van der Waals surface area contributed by atoms with E-state index in [0.717, 1.165) is 22.2 Å². The van der Waals surface area contributed by atoms with Gasteiger partial charge in [0.2, 0.25) is 44.2 Å². The molecule has 0 spiro atoms. The molecule has 32 heteroatoms. The number of aromatic carboxylic acids is 1. The lowest BCUT2D eigenvalue weighted by molar-refractivity contribution is -0.126. The molecule has 5 heterocycles. The van der Waals surface area contributed by atoms with Gasteiger partial charge >= 0.3 is 5.97 Å². The highest BCUT2D eigenvalue weighted by molar-refractivity contribution is 7.89. The molecule has 1 fully saturated rings. The maximum atomic E-state index is 15.1. The molecule has 2 aliphatic carbocycles. The van der Waals surface area contributed by atoms with Gasteiger partial charge in [0, 0.05) is 157 Å². The number of nitrogen functional groups attached to an aromatic ring is 1. The van der Waals surface area contributed by atoms with Crippen molar-refractivity contribution in [3.63, 3.8) is 0 Å². The molecule has 0 unspecified atom stereocenters. The van der Waals surface area contributed by atoms with E-state index in [4.69, 9.17) is 24.3 Å². The van der Waals surface area contributed by atoms with Gasteiger partial charge in [-0.2, -0.15) is 35.7 Å². The van der Waals surface area contributed by atoms with E-state index < -0.39 is 48.1 Å². The number of sulfonamides is 1. The lowest BCUT2D eigenvalue weighted by Crippen LogP contribution is -3.00. The summed E-state index contributed by atoms with van der Waals surface area (Å²) in [7, 11) is -1.88. The van der Waals surface area contributed by atoms with E-state index in [-0.39, 0.29) is 107 Å². The normalized spacial score (nSPS) is 13.2. The Morgan fingerprint density at radius 3 is 1.84 bits per heavy atom. The summed E-state index contributed by atoms with van der Waals surface area (Å²) >= 11 is 0. The molecule has 0 radical (unpaired) electrons. The summed E-state index contributed by atoms with van der Waals surface area (Å²) in [6.07, 6.45) is 1.43. The molecular weight excluding hydrogens is 1540 g/mol. The van der Waals surface area contributed by atoms with Gasteiger partial charge in [-0.1, -0.05) is 42.5 Å². The zero-order chi connectivity index (χ0) is 77.7. The number of aromatic nitrogens is 4. The van der Waals surface area contributed by atoms with E-state index in [1.165, 1.54) is 40.7 Å². The van der Waals surface area contributed by atoms with Crippen LogP contribution in [0.2, 0.25) is 0 Å². The molecule has 14 rings (SSSR count). The Morgan fingerprint density at radius 1 is 0.634 bits per heavy atom. The van der Waals surface area contributed by atoms with Gasteiger partial charge in [-0.05, 0) is 133 Å². The molecule has 9 aromatic rings. The SMILES string of the molecule is CN(C)c1ccc2c(-c3cc(C(=O)NCc4ccc(COc5nc(N)nc6[nH]c(CCCNC(=O)C7CCN(S(=O)(=O)c8ccccc8-c8c9ccc(=[N+](C)c%10ccc(S(=O)(=O)O)cc%10)cc-9oc9cc(N(C)c%10ccc(S(=O)(=O)O)cc%10)ccc89)CC7)nc56)cc4)ccc3C(=O)O)c3ccc(=[N+](C)C)cc-3oc2c1.[Cl-].[Cl-]. The van der Waals surface area contributed by atoms with Crippen LogP contribution in [0.3, 0.4) is 0 Å². The number of imidazole rings is 1. The number of nitrogens with zero attached hydrogens (tertiary/aromatic N) is 8. The first-order chi connectivity index (χ1) is 52.5. The summed E-state index contributed by atoms with van der Waals surface area (Å²) in [5, 5.41) is 19.3. The van der Waals surface area contributed by atoms with Crippen molar-refractivity contribution in [2.45, 2.75) is 53.5 Å². The van der Waals surface area contributed by atoms with E-state index in [9.17, 15) is 45.4 Å². The van der Waals surface area contributed by atoms with E-state index in [1.54, 1.807) is 90.3 Å². The molecule has 2 aromatic heterocycles. The van der Waals surface area contributed by atoms with Crippen LogP contribution in [-0.2, 0) is 54.6 Å². The Hall–Kier alpha value is -11.6. The first kappa shape index (κ1) is 79.9. The minimum absolute atomic E-state index is 0. The van der Waals surface area contributed by atoms with Crippen LogP contribution >= 0.6 is 0 Å². The molecule has 3 aliphatic heterocycles. The van der Waals surface area contributed by atoms with Gasteiger partial charge in [0.1, 0.15) is 56.3 Å². The molecule has 8 N–H and O–H groups in total. The van der Waals surface area contributed by atoms with Gasteiger partial charge in [-0.15, -0.1) is 0 Å². The topological polar surface area (TPSA) is 370 Å². The van der Waals surface area contributed by atoms with Crippen molar-refractivity contribution >= 4 is 110 Å². The van der Waals surface area contributed by atoms with Crippen molar-refractivity contribution in [2.75, 3.05) is 77.5 Å². The maximum Gasteiger partial charge on any atom is 0.336 e. The number of aromatic amines is 1. The van der Waals surface area contributed by atoms with E-state index >= 15 is 8.42 Å². The van der Waals surface area contributed by atoms with Crippen LogP contribution in [0.1, 0.15) is 56.9 Å². The summed E-state index contributed by atoms with van der Waals surface area (Å²) in [6.45, 7) is 0.690. The number of halogens is 2. The van der Waals surface area contributed by atoms with Gasteiger partial charge in [0.15, 0.2) is 11.2 Å². The van der Waals surface area contributed by atoms with Gasteiger partial charge in [-0.25, -0.2) is 22.8 Å². The highest BCUT2D eigenvalue weighted by atomic mass is 35.5. The standard InChI is InChI=1S/C80H74N12O15S3.2ClH/c1-88(2)53-22-31-62-66(41-53)106-67-42-54(89(3)4)23-32-63(67)73(62)65-40-50(17-30-59(65)79(95)96)77(94)83-45-47-13-15-48(16-14-47)46-105-78-74-75(86-80(81)87-78)85-71(84-74)12-9-37-82-76(93)49-35-38-92(39-36-49)108(97,98)70-11-8-7-10-64(70)72-60-33-24-55(90(5)51-18-26-57(27-19-51)109(99,100)101)43-68(60)107-69-44-56(25-34-61(69)72)91(6)52-20-28-58(29-21-52)110(102,103)104;;/h7-8,10-11,13-34,40-44,49H,9,12,35-39,45-46H2,1-6H3,(H6-2,81,82,83,84,85,86,87,93,94,95,96,99,100,101,102,103,104);2*1H. The van der Waals surface area contributed by atoms with Crippen molar-refractivity contribution in [2.24, 2.45) is 5.92 Å². The maximum absolute atomic E-state index is 15.1. The van der Waals surface area contributed by atoms with Crippen LogP contribution in [0.25, 0.3) is 78.0 Å². The number of nitrogens with one attached hydrogen (secondary N) is 3. The van der Waals surface area contributed by atoms with E-state index in [1.807, 2.05) is 123 Å². The van der Waals surface area contributed by atoms with Crippen molar-refractivity contribution in [1.29, 1.82) is 0 Å². The highest BCUT2D eigenvalue weighted by Gasteiger charge is 2.35. The number of carboxylic acid groups (broad SMARTS) is 1. The second-order valence-corrected chi connectivity index (χ2v) is 32.0. The zero-order valence-electron chi connectivity index (χ0n) is 61.2. The number of carbonyl (C=O) groups excluding carboxylic acids is 2. The Labute approximate surface area is 656 Å². The minimum atomic E-state index is -4.45. The lowest BCUT2D eigenvalue weighted by atomic mass is 9.89. The third kappa shape index (κ3) is 16.6. The second-order valence-electron chi connectivity index (χ2n) is 27.2. The molecule has 0 atom stereocenters. The molecule has 27 nitrogen and oxygen atoms in total. The molecule has 0 bridgehead atoms. The fraction of sp³-hybridized carbons (Fsp3) is 0.200. The van der Waals surface area contributed by atoms with Crippen molar-refractivity contribution in [3.05, 3.63) is 227 Å². The number of ether oxygens (including phenoxy) is 1. The lowest BCUT2D eigenvalue weighted by Gasteiger charge is -2.31. The van der Waals surface area contributed by atoms with Crippen LogP contribution in [0, 0.1) is 5.92 Å². The molecule has 578 valence electrons. The average molecular weight is 1610 g/mol. The summed E-state index contributed by atoms with van der Waals surface area (Å²) < 4.78 is 121. The number of hydrogen-bond donors (Lipinski definition) is 7. The Balaban J connectivity index is 0.00000582. The van der Waals surface area contributed by atoms with E-state index in [2.05, 4.69) is 25.6 Å². The van der Waals surface area contributed by atoms with Crippen LogP contribution in [0.4, 0.5) is 28.7 Å². The molecule has 2 amide bonds. The van der Waals surface area contributed by atoms with Crippen LogP contribution in [0.5, 0.6) is 5.88 Å². The molecule has 7 aromatic carbocycles. The summed E-state index contributed by atoms with van der Waals surface area (Å²) in [4.78, 5) is 60.4. The monoisotopic (exact) mass is 1610 g/mol. The average Bonchev–Trinajstić information content (AvgIpc) is 0.767. The largest absolute Gasteiger partial charge is 1.00 e. The molecule has 112 heavy (non-hydrogen) atoms. The molecule has 1 saturated heterocycles.